The second kappa shape index (κ2) is 6.39. The second-order valence-electron chi connectivity index (χ2n) is 5.76. The largest absolute Gasteiger partial charge is 0.439 e. The van der Waals surface area contributed by atoms with Gasteiger partial charge in [0.1, 0.15) is 0 Å². The number of amides is 2. The number of carbonyl (C=O) groups excluding carboxylic acids is 2. The van der Waals surface area contributed by atoms with Crippen molar-refractivity contribution in [1.29, 1.82) is 0 Å². The summed E-state index contributed by atoms with van der Waals surface area (Å²) in [7, 11) is -4.25. The molecule has 1 aromatic carbocycles. The zero-order chi connectivity index (χ0) is 19.3. The van der Waals surface area contributed by atoms with E-state index in [2.05, 4.69) is 4.74 Å². The normalized spacial score (nSPS) is 22.2. The zero-order valence-corrected chi connectivity index (χ0v) is 14.6. The van der Waals surface area contributed by atoms with Gasteiger partial charge in [-0.2, -0.15) is 17.5 Å². The molecule has 1 atom stereocenters. The Morgan fingerprint density at radius 1 is 1.23 bits per heavy atom. The first kappa shape index (κ1) is 18.9. The first-order valence-electron chi connectivity index (χ1n) is 7.37. The lowest BCUT2D eigenvalue weighted by molar-refractivity contribution is -0.137. The Hall–Kier alpha value is -1.85. The summed E-state index contributed by atoms with van der Waals surface area (Å²) in [4.78, 5) is 23.5. The van der Waals surface area contributed by atoms with Gasteiger partial charge in [-0.05, 0) is 24.6 Å². The third-order valence-corrected chi connectivity index (χ3v) is 6.35. The van der Waals surface area contributed by atoms with Gasteiger partial charge in [-0.3, -0.25) is 4.79 Å². The Balaban J connectivity index is 1.86. The van der Waals surface area contributed by atoms with Crippen LogP contribution in [0, 0.1) is 0 Å². The van der Waals surface area contributed by atoms with E-state index < -0.39 is 56.3 Å². The van der Waals surface area contributed by atoms with E-state index in [0.717, 1.165) is 21.3 Å². The highest BCUT2D eigenvalue weighted by atomic mass is 35.5. The number of imide groups is 1. The first-order chi connectivity index (χ1) is 12.0. The average molecular weight is 413 g/mol. The summed E-state index contributed by atoms with van der Waals surface area (Å²) in [5, 5.41) is -0.610. The summed E-state index contributed by atoms with van der Waals surface area (Å²) in [6.07, 6.45) is -5.49. The number of sulfonamides is 1. The average Bonchev–Trinajstić information content (AvgIpc) is 3.13. The van der Waals surface area contributed by atoms with Gasteiger partial charge in [-0.25, -0.2) is 18.1 Å². The van der Waals surface area contributed by atoms with Gasteiger partial charge in [0.25, 0.3) is 5.91 Å². The van der Waals surface area contributed by atoms with Crippen LogP contribution in [-0.4, -0.2) is 55.4 Å². The molecule has 0 saturated carbocycles. The molecule has 7 nitrogen and oxygen atoms in total. The summed E-state index contributed by atoms with van der Waals surface area (Å²) >= 11 is 5.51. The second-order valence-corrected chi connectivity index (χ2v) is 8.11. The number of cyclic esters (lactones) is 1. The van der Waals surface area contributed by atoms with Crippen LogP contribution in [0.25, 0.3) is 0 Å². The fourth-order valence-electron chi connectivity index (χ4n) is 2.89. The lowest BCUT2D eigenvalue weighted by Gasteiger charge is -2.21. The van der Waals surface area contributed by atoms with Gasteiger partial charge in [-0.1, -0.05) is 11.6 Å². The van der Waals surface area contributed by atoms with Gasteiger partial charge < -0.3 is 4.74 Å². The summed E-state index contributed by atoms with van der Waals surface area (Å²) in [6, 6.07) is 1.60. The topological polar surface area (TPSA) is 84.0 Å². The van der Waals surface area contributed by atoms with E-state index in [-0.39, 0.29) is 19.5 Å². The van der Waals surface area contributed by atoms with Crippen molar-refractivity contribution >= 4 is 33.6 Å². The number of nitrogens with zero attached hydrogens (tertiary/aromatic N) is 2. The van der Waals surface area contributed by atoms with Crippen LogP contribution in [0.5, 0.6) is 0 Å². The van der Waals surface area contributed by atoms with E-state index in [1.165, 1.54) is 0 Å². The molecule has 1 unspecified atom stereocenters. The number of carbonyl (C=O) groups is 2. The molecular weight excluding hydrogens is 401 g/mol. The fraction of sp³-hybridized carbons (Fsp3) is 0.429. The van der Waals surface area contributed by atoms with Crippen LogP contribution in [0.15, 0.2) is 23.1 Å². The van der Waals surface area contributed by atoms with Crippen molar-refractivity contribution in [2.75, 3.05) is 19.7 Å². The van der Waals surface area contributed by atoms with Crippen LogP contribution >= 0.6 is 11.6 Å². The van der Waals surface area contributed by atoms with Crippen molar-refractivity contribution in [2.24, 2.45) is 0 Å². The molecule has 0 spiro atoms. The maximum absolute atomic E-state index is 13.0. The van der Waals surface area contributed by atoms with Crippen molar-refractivity contribution in [1.82, 2.24) is 9.21 Å². The highest BCUT2D eigenvalue weighted by Crippen LogP contribution is 2.37. The van der Waals surface area contributed by atoms with Gasteiger partial charge >= 0.3 is 12.3 Å². The maximum Gasteiger partial charge on any atom is 0.417 e. The number of benzene rings is 1. The lowest BCUT2D eigenvalue weighted by Crippen LogP contribution is -2.42. The molecule has 2 heterocycles. The molecule has 1 aromatic rings. The lowest BCUT2D eigenvalue weighted by atomic mass is 10.2. The summed E-state index contributed by atoms with van der Waals surface area (Å²) in [6.45, 7) is -0.671. The summed E-state index contributed by atoms with van der Waals surface area (Å²) in [5.74, 6) is -0.579. The molecule has 0 aromatic heterocycles. The van der Waals surface area contributed by atoms with Crippen molar-refractivity contribution in [2.45, 2.75) is 23.5 Å². The number of halogens is 4. The number of alkyl halides is 3. The molecule has 0 N–H and O–H groups in total. The molecule has 0 aliphatic carbocycles. The summed E-state index contributed by atoms with van der Waals surface area (Å²) < 4.78 is 69.7. The van der Waals surface area contributed by atoms with Crippen molar-refractivity contribution < 1.29 is 35.9 Å². The molecular formula is C14H12ClF3N2O5S. The van der Waals surface area contributed by atoms with Crippen molar-refractivity contribution in [3.05, 3.63) is 28.8 Å². The zero-order valence-electron chi connectivity index (χ0n) is 13.0. The smallest absolute Gasteiger partial charge is 0.417 e. The first-order valence-corrected chi connectivity index (χ1v) is 9.19. The number of hydrogen-bond acceptors (Lipinski definition) is 5. The molecule has 2 saturated heterocycles. The molecule has 12 heteroatoms. The van der Waals surface area contributed by atoms with E-state index in [9.17, 15) is 31.2 Å². The Morgan fingerprint density at radius 3 is 2.50 bits per heavy atom. The number of hydrogen-bond donors (Lipinski definition) is 0. The Kier molecular flexibility index (Phi) is 4.65. The molecule has 2 aliphatic rings. The van der Waals surface area contributed by atoms with E-state index in [0.29, 0.717) is 6.07 Å². The van der Waals surface area contributed by atoms with Crippen LogP contribution in [0.4, 0.5) is 18.0 Å². The Morgan fingerprint density at radius 2 is 1.92 bits per heavy atom. The highest BCUT2D eigenvalue weighted by Gasteiger charge is 2.43. The summed E-state index contributed by atoms with van der Waals surface area (Å²) in [5.41, 5.74) is -1.26. The standard InChI is InChI=1S/C14H12ClF3N2O5S/c15-11-2-1-9(5-10(11)14(16,17)18)26(23,24)19-4-3-8(6-19)20-12(21)7-25-13(20)22/h1-2,5,8H,3-4,6-7H2. The molecule has 2 amide bonds. The molecule has 2 aliphatic heterocycles. The van der Waals surface area contributed by atoms with E-state index in [1.807, 2.05) is 0 Å². The maximum atomic E-state index is 13.0. The SMILES string of the molecule is O=C1COC(=O)N1C1CCN(S(=O)(=O)c2ccc(Cl)c(C(F)(F)F)c2)C1. The van der Waals surface area contributed by atoms with Gasteiger partial charge in [0.05, 0.1) is 21.5 Å². The minimum atomic E-state index is -4.80. The molecule has 0 bridgehead atoms. The molecule has 0 radical (unpaired) electrons. The Bertz CT molecular complexity index is 858. The number of ether oxygens (including phenoxy) is 1. The van der Waals surface area contributed by atoms with Crippen LogP contribution in [-0.2, 0) is 25.7 Å². The fourth-order valence-corrected chi connectivity index (χ4v) is 4.63. The quantitative estimate of drug-likeness (QED) is 0.759. The third-order valence-electron chi connectivity index (χ3n) is 4.16. The minimum absolute atomic E-state index is 0.0476. The predicted octanol–water partition coefficient (Wildman–Crippen LogP) is 2.10. The minimum Gasteiger partial charge on any atom is -0.439 e. The van der Waals surface area contributed by atoms with Gasteiger partial charge in [0.15, 0.2) is 6.61 Å². The van der Waals surface area contributed by atoms with E-state index >= 15 is 0 Å². The molecule has 142 valence electrons. The van der Waals surface area contributed by atoms with Crippen molar-refractivity contribution in [3.63, 3.8) is 0 Å². The Labute approximate surface area is 151 Å². The third kappa shape index (κ3) is 3.26. The van der Waals surface area contributed by atoms with Crippen LogP contribution in [0.1, 0.15) is 12.0 Å². The number of rotatable bonds is 3. The highest BCUT2D eigenvalue weighted by molar-refractivity contribution is 7.89. The van der Waals surface area contributed by atoms with E-state index in [4.69, 9.17) is 11.6 Å². The van der Waals surface area contributed by atoms with E-state index in [1.54, 1.807) is 0 Å². The van der Waals surface area contributed by atoms with Crippen LogP contribution < -0.4 is 0 Å². The van der Waals surface area contributed by atoms with Gasteiger partial charge in [0, 0.05) is 13.1 Å². The molecule has 26 heavy (non-hydrogen) atoms. The van der Waals surface area contributed by atoms with Crippen LogP contribution in [0.2, 0.25) is 5.02 Å². The molecule has 3 rings (SSSR count). The van der Waals surface area contributed by atoms with Crippen LogP contribution in [0.3, 0.4) is 0 Å². The predicted molar refractivity (Wildman–Crippen MR) is 81.8 cm³/mol. The monoisotopic (exact) mass is 412 g/mol. The van der Waals surface area contributed by atoms with Gasteiger partial charge in [0.2, 0.25) is 10.0 Å². The van der Waals surface area contributed by atoms with Crippen molar-refractivity contribution in [3.8, 4) is 0 Å². The van der Waals surface area contributed by atoms with Gasteiger partial charge in [-0.15, -0.1) is 0 Å². The molecule has 2 fully saturated rings.